The highest BCUT2D eigenvalue weighted by atomic mass is 35.5. The average molecular weight is 393 g/mol. The number of aryl methyl sites for hydroxylation is 1. The number of amides is 1. The largest absolute Gasteiger partial charge is 0.386 e. The molecule has 0 spiro atoms. The van der Waals surface area contributed by atoms with Crippen LogP contribution in [-0.2, 0) is 0 Å². The third kappa shape index (κ3) is 4.04. The van der Waals surface area contributed by atoms with Crippen molar-refractivity contribution in [2.24, 2.45) is 0 Å². The molecule has 1 atom stereocenters. The Morgan fingerprint density at radius 1 is 1.35 bits per heavy atom. The van der Waals surface area contributed by atoms with Crippen LogP contribution in [0.25, 0.3) is 11.4 Å². The van der Waals surface area contributed by atoms with E-state index >= 15 is 0 Å². The van der Waals surface area contributed by atoms with Crippen LogP contribution in [0.3, 0.4) is 0 Å². The highest BCUT2D eigenvalue weighted by Crippen LogP contribution is 2.24. The average Bonchev–Trinajstić information content (AvgIpc) is 3.06. The van der Waals surface area contributed by atoms with E-state index < -0.39 is 17.8 Å². The van der Waals surface area contributed by atoms with Crippen molar-refractivity contribution >= 4 is 28.8 Å². The van der Waals surface area contributed by atoms with E-state index in [1.165, 1.54) is 17.4 Å². The molecule has 0 fully saturated rings. The second kappa shape index (κ2) is 7.86. The van der Waals surface area contributed by atoms with Crippen molar-refractivity contribution in [3.63, 3.8) is 0 Å². The summed E-state index contributed by atoms with van der Waals surface area (Å²) in [6, 6.07) is 4.71. The first-order chi connectivity index (χ1) is 12.5. The van der Waals surface area contributed by atoms with Crippen molar-refractivity contribution in [2.75, 3.05) is 6.54 Å². The Labute approximate surface area is 157 Å². The molecular weight excluding hydrogens is 379 g/mol. The van der Waals surface area contributed by atoms with E-state index in [1.807, 2.05) is 0 Å². The third-order valence-electron chi connectivity index (χ3n) is 3.63. The van der Waals surface area contributed by atoms with Crippen LogP contribution in [0.4, 0.5) is 4.39 Å². The van der Waals surface area contributed by atoms with Crippen molar-refractivity contribution in [3.8, 4) is 11.4 Å². The maximum Gasteiger partial charge on any atom is 0.252 e. The summed E-state index contributed by atoms with van der Waals surface area (Å²) < 4.78 is 13.0. The highest BCUT2D eigenvalue weighted by Gasteiger charge is 2.17. The predicted molar refractivity (Wildman–Crippen MR) is 96.6 cm³/mol. The van der Waals surface area contributed by atoms with Crippen molar-refractivity contribution in [1.29, 1.82) is 0 Å². The lowest BCUT2D eigenvalue weighted by atomic mass is 10.1. The van der Waals surface area contributed by atoms with E-state index in [1.54, 1.807) is 24.6 Å². The topological polar surface area (TPSA) is 88.0 Å². The van der Waals surface area contributed by atoms with E-state index in [0.29, 0.717) is 10.4 Å². The zero-order valence-corrected chi connectivity index (χ0v) is 15.2. The van der Waals surface area contributed by atoms with E-state index in [2.05, 4.69) is 20.3 Å². The lowest BCUT2D eigenvalue weighted by Gasteiger charge is -2.12. The lowest BCUT2D eigenvalue weighted by Crippen LogP contribution is -2.28. The number of rotatable bonds is 5. The van der Waals surface area contributed by atoms with Gasteiger partial charge in [-0.15, -0.1) is 11.3 Å². The first-order valence-electron chi connectivity index (χ1n) is 7.59. The number of nitrogens with one attached hydrogen (secondary N) is 1. The van der Waals surface area contributed by atoms with Gasteiger partial charge in [-0.2, -0.15) is 0 Å². The number of thiazole rings is 1. The summed E-state index contributed by atoms with van der Waals surface area (Å²) in [7, 11) is 0. The first kappa shape index (κ1) is 18.4. The van der Waals surface area contributed by atoms with Crippen molar-refractivity contribution in [1.82, 2.24) is 20.3 Å². The lowest BCUT2D eigenvalue weighted by molar-refractivity contribution is 0.0917. The van der Waals surface area contributed by atoms with Crippen molar-refractivity contribution < 1.29 is 14.3 Å². The molecule has 26 heavy (non-hydrogen) atoms. The molecule has 0 aliphatic carbocycles. The summed E-state index contributed by atoms with van der Waals surface area (Å²) >= 11 is 7.44. The molecule has 6 nitrogen and oxygen atoms in total. The molecule has 2 N–H and O–H groups in total. The molecule has 3 rings (SSSR count). The first-order valence-corrected chi connectivity index (χ1v) is 8.85. The highest BCUT2D eigenvalue weighted by molar-refractivity contribution is 7.09. The molecule has 3 aromatic rings. The minimum Gasteiger partial charge on any atom is -0.386 e. The number of halogens is 2. The number of carbonyl (C=O) groups excluding carboxylic acids is 1. The van der Waals surface area contributed by atoms with E-state index in [-0.39, 0.29) is 23.0 Å². The molecule has 0 saturated carbocycles. The molecule has 0 aliphatic rings. The van der Waals surface area contributed by atoms with Gasteiger partial charge in [-0.05, 0) is 25.1 Å². The van der Waals surface area contributed by atoms with Gasteiger partial charge in [0.15, 0.2) is 11.6 Å². The Kier molecular flexibility index (Phi) is 5.55. The fraction of sp³-hybridized carbons (Fsp3) is 0.176. The third-order valence-corrected chi connectivity index (χ3v) is 4.99. The number of nitrogens with zero attached hydrogens (tertiary/aromatic N) is 3. The van der Waals surface area contributed by atoms with Crippen LogP contribution in [0, 0.1) is 12.7 Å². The van der Waals surface area contributed by atoms with Gasteiger partial charge in [0.05, 0.1) is 39.1 Å². The predicted octanol–water partition coefficient (Wildman–Crippen LogP) is 3.16. The molecule has 2 aromatic heterocycles. The monoisotopic (exact) mass is 392 g/mol. The van der Waals surface area contributed by atoms with Gasteiger partial charge in [0.1, 0.15) is 6.10 Å². The molecule has 0 unspecified atom stereocenters. The van der Waals surface area contributed by atoms with Gasteiger partial charge in [0.25, 0.3) is 5.91 Å². The van der Waals surface area contributed by atoms with E-state index in [4.69, 9.17) is 11.6 Å². The normalized spacial score (nSPS) is 12.0. The quantitative estimate of drug-likeness (QED) is 0.696. The molecule has 0 radical (unpaired) electrons. The number of carbonyl (C=O) groups is 1. The van der Waals surface area contributed by atoms with Crippen molar-refractivity contribution in [2.45, 2.75) is 13.0 Å². The summed E-state index contributed by atoms with van der Waals surface area (Å²) in [5.41, 5.74) is 3.10. The second-order valence-electron chi connectivity index (χ2n) is 5.45. The summed E-state index contributed by atoms with van der Waals surface area (Å²) in [6.45, 7) is 1.81. The van der Waals surface area contributed by atoms with Gasteiger partial charge in [0, 0.05) is 12.1 Å². The minimum atomic E-state index is -0.853. The summed E-state index contributed by atoms with van der Waals surface area (Å²) in [5.74, 6) is -0.717. The van der Waals surface area contributed by atoms with Gasteiger partial charge < -0.3 is 10.4 Å². The molecule has 2 heterocycles. The Hall–Kier alpha value is -2.42. The fourth-order valence-corrected chi connectivity index (χ4v) is 3.30. The van der Waals surface area contributed by atoms with Crippen LogP contribution in [0.2, 0.25) is 5.02 Å². The van der Waals surface area contributed by atoms with E-state index in [9.17, 15) is 14.3 Å². The molecular formula is C17H14ClFN4O2S. The van der Waals surface area contributed by atoms with Gasteiger partial charge >= 0.3 is 0 Å². The number of aromatic nitrogens is 3. The summed E-state index contributed by atoms with van der Waals surface area (Å²) in [4.78, 5) is 25.0. The summed E-state index contributed by atoms with van der Waals surface area (Å²) in [6.07, 6.45) is 1.24. The molecule has 0 saturated heterocycles. The van der Waals surface area contributed by atoms with Gasteiger partial charge in [-0.25, -0.2) is 19.3 Å². The van der Waals surface area contributed by atoms with Crippen molar-refractivity contribution in [3.05, 3.63) is 63.1 Å². The maximum atomic E-state index is 13.0. The number of hydrogen-bond acceptors (Lipinski definition) is 6. The minimum absolute atomic E-state index is 0.0233. The van der Waals surface area contributed by atoms with Crippen LogP contribution < -0.4 is 5.32 Å². The zero-order valence-electron chi connectivity index (χ0n) is 13.6. The molecule has 0 aliphatic heterocycles. The van der Waals surface area contributed by atoms with Gasteiger partial charge in [-0.3, -0.25) is 4.79 Å². The molecule has 0 bridgehead atoms. The number of benzene rings is 1. The zero-order chi connectivity index (χ0) is 18.7. The van der Waals surface area contributed by atoms with Crippen LogP contribution in [0.5, 0.6) is 0 Å². The summed E-state index contributed by atoms with van der Waals surface area (Å²) in [5, 5.41) is 13.1. The maximum absolute atomic E-state index is 13.0. The van der Waals surface area contributed by atoms with Crippen LogP contribution >= 0.6 is 22.9 Å². The van der Waals surface area contributed by atoms with Crippen LogP contribution in [0.15, 0.2) is 36.1 Å². The Bertz CT molecular complexity index is 933. The van der Waals surface area contributed by atoms with Crippen LogP contribution in [0.1, 0.15) is 27.0 Å². The van der Waals surface area contributed by atoms with Gasteiger partial charge in [0.2, 0.25) is 0 Å². The van der Waals surface area contributed by atoms with Crippen LogP contribution in [-0.4, -0.2) is 32.5 Å². The molecule has 134 valence electrons. The number of hydrogen-bond donors (Lipinski definition) is 2. The number of aliphatic hydroxyl groups excluding tert-OH is 1. The Morgan fingerprint density at radius 3 is 2.73 bits per heavy atom. The molecule has 1 amide bonds. The van der Waals surface area contributed by atoms with Gasteiger partial charge in [-0.1, -0.05) is 11.6 Å². The molecule has 9 heteroatoms. The fourth-order valence-electron chi connectivity index (χ4n) is 2.31. The smallest absolute Gasteiger partial charge is 0.252 e. The number of aliphatic hydroxyl groups is 1. The SMILES string of the molecule is Cc1ncsc1[C@H](O)CNC(=O)c1cc(-c2ncc(F)cn2)ccc1Cl. The van der Waals surface area contributed by atoms with E-state index in [0.717, 1.165) is 18.1 Å². The standard InChI is InChI=1S/C17H14ClFN4O2S/c1-9-15(26-8-23-9)14(24)7-22-17(25)12-4-10(2-3-13(12)18)16-20-5-11(19)6-21-16/h2-6,8,14,24H,7H2,1H3,(H,22,25)/t14-/m1/s1. The molecule has 1 aromatic carbocycles. The Balaban J connectivity index is 1.75. The Morgan fingerprint density at radius 2 is 2.08 bits per heavy atom. The second-order valence-corrected chi connectivity index (χ2v) is 6.74.